The first-order valence-corrected chi connectivity index (χ1v) is 7.87. The van der Waals surface area contributed by atoms with E-state index in [1.54, 1.807) is 20.8 Å². The summed E-state index contributed by atoms with van der Waals surface area (Å²) in [5, 5.41) is 9.65. The van der Waals surface area contributed by atoms with Gasteiger partial charge < -0.3 is 19.3 Å². The first-order chi connectivity index (χ1) is 9.39. The van der Waals surface area contributed by atoms with Gasteiger partial charge >= 0.3 is 11.9 Å². The number of thioether (sulfide) groups is 1. The van der Waals surface area contributed by atoms with Gasteiger partial charge in [-0.3, -0.25) is 9.59 Å². The van der Waals surface area contributed by atoms with Crippen molar-refractivity contribution in [2.24, 2.45) is 0 Å². The van der Waals surface area contributed by atoms with Crippen molar-refractivity contribution >= 4 is 23.7 Å². The minimum absolute atomic E-state index is 0.0284. The van der Waals surface area contributed by atoms with Crippen LogP contribution >= 0.6 is 11.8 Å². The molecule has 0 aromatic rings. The lowest BCUT2D eigenvalue weighted by atomic mass is 10.2. The summed E-state index contributed by atoms with van der Waals surface area (Å²) in [4.78, 5) is 22.4. The van der Waals surface area contributed by atoms with Crippen LogP contribution in [0.15, 0.2) is 0 Å². The highest BCUT2D eigenvalue weighted by Gasteiger charge is 2.23. The minimum atomic E-state index is -1.34. The molecule has 0 spiro atoms. The molecule has 124 valence electrons. The first-order valence-electron chi connectivity index (χ1n) is 6.72. The molecule has 1 unspecified atom stereocenters. The Hall–Kier alpha value is -0.790. The van der Waals surface area contributed by atoms with E-state index in [0.29, 0.717) is 5.75 Å². The van der Waals surface area contributed by atoms with E-state index in [9.17, 15) is 14.7 Å². The molecule has 1 N–H and O–H groups in total. The Bertz CT molecular complexity index is 342. The van der Waals surface area contributed by atoms with Gasteiger partial charge in [-0.25, -0.2) is 0 Å². The Morgan fingerprint density at radius 3 is 2.19 bits per heavy atom. The maximum Gasteiger partial charge on any atom is 0.316 e. The van der Waals surface area contributed by atoms with E-state index in [1.165, 1.54) is 32.5 Å². The van der Waals surface area contributed by atoms with Crippen LogP contribution in [0.5, 0.6) is 0 Å². The number of aliphatic hydroxyl groups is 1. The molecule has 0 saturated carbocycles. The lowest BCUT2D eigenvalue weighted by molar-refractivity contribution is -0.210. The number of carbonyl (C=O) groups is 2. The van der Waals surface area contributed by atoms with Crippen molar-refractivity contribution in [3.8, 4) is 0 Å². The van der Waals surface area contributed by atoms with Gasteiger partial charge in [0.1, 0.15) is 18.3 Å². The highest BCUT2D eigenvalue weighted by atomic mass is 32.2. The van der Waals surface area contributed by atoms with Gasteiger partial charge in [0.2, 0.25) is 0 Å². The number of hydrogen-bond acceptors (Lipinski definition) is 7. The predicted molar refractivity (Wildman–Crippen MR) is 81.0 cm³/mol. The molecule has 6 nitrogen and oxygen atoms in total. The number of hydrogen-bond donors (Lipinski definition) is 1. The highest BCUT2D eigenvalue weighted by Crippen LogP contribution is 2.15. The van der Waals surface area contributed by atoms with Crippen molar-refractivity contribution < 1.29 is 28.9 Å². The number of ether oxygens (including phenoxy) is 3. The second-order valence-electron chi connectivity index (χ2n) is 6.09. The number of carbonyl (C=O) groups excluding carboxylic acids is 2. The maximum atomic E-state index is 11.6. The molecule has 21 heavy (non-hydrogen) atoms. The van der Waals surface area contributed by atoms with Crippen LogP contribution < -0.4 is 0 Å². The van der Waals surface area contributed by atoms with Gasteiger partial charge in [-0.05, 0) is 34.6 Å². The zero-order valence-electron chi connectivity index (χ0n) is 13.6. The standard InChI is InChI=1S/C14H26O6S/c1-10(15)18-7-11(19-14(5,6)17)8-21-9-12(16)20-13(2,3)4/h11,17H,7-9H2,1-6H3. The molecule has 0 rings (SSSR count). The first kappa shape index (κ1) is 20.2. The van der Waals surface area contributed by atoms with Gasteiger partial charge in [-0.2, -0.15) is 0 Å². The number of esters is 2. The fraction of sp³-hybridized carbons (Fsp3) is 0.857. The summed E-state index contributed by atoms with van der Waals surface area (Å²) in [6.45, 7) is 9.72. The summed E-state index contributed by atoms with van der Waals surface area (Å²) in [5.74, 6) is -1.50. The molecule has 0 aliphatic rings. The molecule has 0 radical (unpaired) electrons. The third-order valence-corrected chi connectivity index (χ3v) is 2.92. The Kier molecular flexibility index (Phi) is 8.28. The van der Waals surface area contributed by atoms with Gasteiger partial charge in [-0.15, -0.1) is 11.8 Å². The van der Waals surface area contributed by atoms with Crippen LogP contribution in [-0.4, -0.2) is 52.6 Å². The van der Waals surface area contributed by atoms with E-state index in [2.05, 4.69) is 0 Å². The van der Waals surface area contributed by atoms with Crippen molar-refractivity contribution in [2.75, 3.05) is 18.1 Å². The van der Waals surface area contributed by atoms with Gasteiger partial charge in [-0.1, -0.05) is 0 Å². The minimum Gasteiger partial charge on any atom is -0.463 e. The van der Waals surface area contributed by atoms with E-state index < -0.39 is 23.5 Å². The summed E-state index contributed by atoms with van der Waals surface area (Å²) in [5.41, 5.74) is -0.516. The molecular weight excluding hydrogens is 296 g/mol. The molecule has 0 heterocycles. The van der Waals surface area contributed by atoms with Crippen molar-refractivity contribution in [2.45, 2.75) is 59.0 Å². The SMILES string of the molecule is CC(=O)OCC(CSCC(=O)OC(C)(C)C)OC(C)(C)O. The lowest BCUT2D eigenvalue weighted by Gasteiger charge is -2.26. The zero-order valence-corrected chi connectivity index (χ0v) is 14.4. The van der Waals surface area contributed by atoms with Crippen LogP contribution in [0.1, 0.15) is 41.5 Å². The molecular formula is C14H26O6S. The normalized spacial score (nSPS) is 13.7. The molecule has 0 amide bonds. The lowest BCUT2D eigenvalue weighted by Crippen LogP contribution is -2.35. The van der Waals surface area contributed by atoms with E-state index in [1.807, 2.05) is 0 Å². The number of rotatable bonds is 8. The van der Waals surface area contributed by atoms with Crippen LogP contribution in [0, 0.1) is 0 Å². The van der Waals surface area contributed by atoms with E-state index in [-0.39, 0.29) is 18.3 Å². The summed E-state index contributed by atoms with van der Waals surface area (Å²) >= 11 is 1.30. The Morgan fingerprint density at radius 2 is 1.76 bits per heavy atom. The molecule has 0 aromatic carbocycles. The molecule has 0 aliphatic carbocycles. The summed E-state index contributed by atoms with van der Waals surface area (Å²) in [6.07, 6.45) is -0.499. The van der Waals surface area contributed by atoms with Gasteiger partial charge in [0, 0.05) is 12.7 Å². The monoisotopic (exact) mass is 322 g/mol. The molecule has 7 heteroatoms. The van der Waals surface area contributed by atoms with E-state index in [0.717, 1.165) is 0 Å². The average Bonchev–Trinajstić information content (AvgIpc) is 2.20. The highest BCUT2D eigenvalue weighted by molar-refractivity contribution is 7.99. The molecule has 0 fully saturated rings. The fourth-order valence-corrected chi connectivity index (χ4v) is 2.15. The second-order valence-corrected chi connectivity index (χ2v) is 7.12. The largest absolute Gasteiger partial charge is 0.463 e. The molecule has 0 aliphatic heterocycles. The summed E-state index contributed by atoms with van der Waals surface area (Å²) in [7, 11) is 0. The average molecular weight is 322 g/mol. The van der Waals surface area contributed by atoms with Crippen molar-refractivity contribution in [3.63, 3.8) is 0 Å². The summed E-state index contributed by atoms with van der Waals surface area (Å²) in [6, 6.07) is 0. The van der Waals surface area contributed by atoms with Gasteiger partial charge in [0.05, 0.1) is 5.75 Å². The quantitative estimate of drug-likeness (QED) is 0.538. The Balaban J connectivity index is 4.22. The van der Waals surface area contributed by atoms with Crippen LogP contribution in [-0.2, 0) is 23.8 Å². The topological polar surface area (TPSA) is 82.1 Å². The Labute approximate surface area is 130 Å². The van der Waals surface area contributed by atoms with Gasteiger partial charge in [0.15, 0.2) is 5.79 Å². The van der Waals surface area contributed by atoms with Crippen molar-refractivity contribution in [1.82, 2.24) is 0 Å². The third-order valence-electron chi connectivity index (χ3n) is 1.87. The fourth-order valence-electron chi connectivity index (χ4n) is 1.38. The summed E-state index contributed by atoms with van der Waals surface area (Å²) < 4.78 is 15.4. The van der Waals surface area contributed by atoms with Gasteiger partial charge in [0.25, 0.3) is 0 Å². The Morgan fingerprint density at radius 1 is 1.19 bits per heavy atom. The van der Waals surface area contributed by atoms with Crippen LogP contribution in [0.2, 0.25) is 0 Å². The van der Waals surface area contributed by atoms with Crippen LogP contribution in [0.3, 0.4) is 0 Å². The van der Waals surface area contributed by atoms with E-state index in [4.69, 9.17) is 14.2 Å². The van der Waals surface area contributed by atoms with Crippen molar-refractivity contribution in [3.05, 3.63) is 0 Å². The van der Waals surface area contributed by atoms with Crippen LogP contribution in [0.25, 0.3) is 0 Å². The molecule has 0 bridgehead atoms. The van der Waals surface area contributed by atoms with Crippen molar-refractivity contribution in [1.29, 1.82) is 0 Å². The molecule has 1 atom stereocenters. The third kappa shape index (κ3) is 13.9. The smallest absolute Gasteiger partial charge is 0.316 e. The van der Waals surface area contributed by atoms with Crippen LogP contribution in [0.4, 0.5) is 0 Å². The predicted octanol–water partition coefficient (Wildman–Crippen LogP) is 1.74. The zero-order chi connectivity index (χ0) is 16.7. The van der Waals surface area contributed by atoms with E-state index >= 15 is 0 Å². The second kappa shape index (κ2) is 8.60. The maximum absolute atomic E-state index is 11.6. The molecule has 0 saturated heterocycles. The molecule has 0 aromatic heterocycles.